The Morgan fingerprint density at radius 2 is 1.33 bits per heavy atom. The van der Waals surface area contributed by atoms with Gasteiger partial charge in [0.15, 0.2) is 5.76 Å². The monoisotopic (exact) mass is 369 g/mol. The zero-order valence-corrected chi connectivity index (χ0v) is 15.0. The van der Waals surface area contributed by atoms with Crippen molar-refractivity contribution in [3.63, 3.8) is 0 Å². The van der Waals surface area contributed by atoms with Crippen LogP contribution in [0.4, 0.5) is 0 Å². The number of hydrogen-bond acceptors (Lipinski definition) is 6. The highest BCUT2D eigenvalue weighted by atomic mass is 16.5. The maximum Gasteiger partial charge on any atom is 0.296 e. The van der Waals surface area contributed by atoms with Gasteiger partial charge in [0.1, 0.15) is 23.9 Å². The Balaban J connectivity index is 1.65. The average Bonchev–Trinajstić information content (AvgIpc) is 2.92. The minimum absolute atomic E-state index is 0.0212. The molecule has 2 amide bonds. The van der Waals surface area contributed by atoms with E-state index in [0.29, 0.717) is 22.8 Å². The first kappa shape index (κ1) is 18.3. The average molecular weight is 369 g/mol. The van der Waals surface area contributed by atoms with Crippen molar-refractivity contribution in [2.75, 3.05) is 27.4 Å². The van der Waals surface area contributed by atoms with Gasteiger partial charge in [0, 0.05) is 0 Å². The van der Waals surface area contributed by atoms with E-state index in [-0.39, 0.29) is 18.7 Å². The largest absolute Gasteiger partial charge is 0.502 e. The number of ether oxygens (including phenoxy) is 3. The van der Waals surface area contributed by atoms with Crippen molar-refractivity contribution in [2.45, 2.75) is 0 Å². The van der Waals surface area contributed by atoms with E-state index in [9.17, 15) is 14.7 Å². The van der Waals surface area contributed by atoms with Gasteiger partial charge in [-0.3, -0.25) is 14.5 Å². The fourth-order valence-corrected chi connectivity index (χ4v) is 2.71. The minimum atomic E-state index is -0.732. The number of nitrogens with zero attached hydrogens (tertiary/aromatic N) is 1. The number of methoxy groups -OCH3 is 2. The normalized spacial score (nSPS) is 13.9. The molecule has 2 aromatic carbocycles. The van der Waals surface area contributed by atoms with E-state index in [1.807, 2.05) is 0 Å². The van der Waals surface area contributed by atoms with Crippen LogP contribution in [0.2, 0.25) is 0 Å². The van der Waals surface area contributed by atoms with E-state index < -0.39 is 17.6 Å². The Labute approximate surface area is 156 Å². The first-order valence-electron chi connectivity index (χ1n) is 8.26. The quantitative estimate of drug-likeness (QED) is 0.755. The standard InChI is InChI=1S/C20H19NO6/c1-25-14-5-3-13(4-6-14)17-18(22)20(24)21(19(17)23)11-12-27-16-9-7-15(26-2)8-10-16/h3-10,22H,11-12H2,1-2H3. The first-order chi connectivity index (χ1) is 13.0. The molecule has 0 spiro atoms. The van der Waals surface area contributed by atoms with Crippen LogP contribution in [0.25, 0.3) is 5.57 Å². The minimum Gasteiger partial charge on any atom is -0.502 e. The lowest BCUT2D eigenvalue weighted by Crippen LogP contribution is -2.35. The Morgan fingerprint density at radius 3 is 1.89 bits per heavy atom. The molecule has 7 heteroatoms. The molecule has 27 heavy (non-hydrogen) atoms. The van der Waals surface area contributed by atoms with E-state index in [4.69, 9.17) is 14.2 Å². The predicted molar refractivity (Wildman–Crippen MR) is 97.8 cm³/mol. The summed E-state index contributed by atoms with van der Waals surface area (Å²) in [6.45, 7) is 0.125. The van der Waals surface area contributed by atoms with Crippen molar-refractivity contribution in [2.24, 2.45) is 0 Å². The van der Waals surface area contributed by atoms with Crippen LogP contribution in [0.3, 0.4) is 0 Å². The summed E-state index contributed by atoms with van der Waals surface area (Å²) in [7, 11) is 3.10. The van der Waals surface area contributed by atoms with E-state index in [0.717, 1.165) is 4.90 Å². The van der Waals surface area contributed by atoms with E-state index >= 15 is 0 Å². The van der Waals surface area contributed by atoms with Gasteiger partial charge in [0.05, 0.1) is 26.3 Å². The van der Waals surface area contributed by atoms with E-state index in [1.54, 1.807) is 55.6 Å². The summed E-state index contributed by atoms with van der Waals surface area (Å²) in [5.41, 5.74) is 0.428. The third kappa shape index (κ3) is 3.72. The molecular weight excluding hydrogens is 350 g/mol. The summed E-state index contributed by atoms with van der Waals surface area (Å²) in [5, 5.41) is 10.1. The molecule has 0 saturated heterocycles. The molecule has 1 N–H and O–H groups in total. The molecule has 0 fully saturated rings. The van der Waals surface area contributed by atoms with Crippen molar-refractivity contribution in [1.29, 1.82) is 0 Å². The third-order valence-corrected chi connectivity index (χ3v) is 4.17. The topological polar surface area (TPSA) is 85.3 Å². The van der Waals surface area contributed by atoms with Crippen LogP contribution in [-0.2, 0) is 9.59 Å². The number of aliphatic hydroxyl groups is 1. The number of rotatable bonds is 7. The number of carbonyl (C=O) groups excluding carboxylic acids is 2. The molecule has 0 unspecified atom stereocenters. The summed E-state index contributed by atoms with van der Waals surface area (Å²) in [6.07, 6.45) is 0. The van der Waals surface area contributed by atoms with Gasteiger partial charge in [-0.2, -0.15) is 0 Å². The number of amides is 2. The molecule has 3 rings (SSSR count). The predicted octanol–water partition coefficient (Wildman–Crippen LogP) is 2.42. The fourth-order valence-electron chi connectivity index (χ4n) is 2.71. The number of imide groups is 1. The molecule has 0 radical (unpaired) electrons. The zero-order chi connectivity index (χ0) is 19.4. The maximum absolute atomic E-state index is 12.6. The number of hydrogen-bond donors (Lipinski definition) is 1. The Morgan fingerprint density at radius 1 is 0.815 bits per heavy atom. The highest BCUT2D eigenvalue weighted by molar-refractivity contribution is 6.34. The molecule has 0 aliphatic carbocycles. The van der Waals surface area contributed by atoms with Crippen LogP contribution in [0.15, 0.2) is 54.3 Å². The van der Waals surface area contributed by atoms with Crippen LogP contribution in [0.1, 0.15) is 5.56 Å². The summed E-state index contributed by atoms with van der Waals surface area (Å²) in [4.78, 5) is 25.8. The second-order valence-electron chi connectivity index (χ2n) is 5.74. The SMILES string of the molecule is COc1ccc(OCCN2C(=O)C(O)=C(c3ccc(OC)cc3)C2=O)cc1. The van der Waals surface area contributed by atoms with Gasteiger partial charge in [-0.05, 0) is 42.0 Å². The lowest BCUT2D eigenvalue weighted by Gasteiger charge is -2.15. The molecule has 0 bridgehead atoms. The molecule has 0 saturated carbocycles. The van der Waals surface area contributed by atoms with E-state index in [1.165, 1.54) is 7.11 Å². The lowest BCUT2D eigenvalue weighted by molar-refractivity contribution is -0.138. The van der Waals surface area contributed by atoms with Gasteiger partial charge < -0.3 is 19.3 Å². The zero-order valence-electron chi connectivity index (χ0n) is 15.0. The van der Waals surface area contributed by atoms with Crippen LogP contribution >= 0.6 is 0 Å². The molecule has 1 aliphatic heterocycles. The highest BCUT2D eigenvalue weighted by Gasteiger charge is 2.38. The van der Waals surface area contributed by atoms with Gasteiger partial charge >= 0.3 is 0 Å². The third-order valence-electron chi connectivity index (χ3n) is 4.17. The van der Waals surface area contributed by atoms with Gasteiger partial charge in [-0.1, -0.05) is 12.1 Å². The summed E-state index contributed by atoms with van der Waals surface area (Å²) in [6, 6.07) is 13.5. The number of benzene rings is 2. The lowest BCUT2D eigenvalue weighted by atomic mass is 10.1. The summed E-state index contributed by atoms with van der Waals surface area (Å²) >= 11 is 0. The molecule has 0 atom stereocenters. The van der Waals surface area contributed by atoms with Crippen LogP contribution in [0, 0.1) is 0 Å². The van der Waals surface area contributed by atoms with Crippen molar-refractivity contribution in [1.82, 2.24) is 4.90 Å². The molecule has 1 aliphatic rings. The van der Waals surface area contributed by atoms with Crippen molar-refractivity contribution in [3.05, 3.63) is 59.9 Å². The summed E-state index contributed by atoms with van der Waals surface area (Å²) < 4.78 is 15.7. The molecule has 140 valence electrons. The molecule has 2 aromatic rings. The first-order valence-corrected chi connectivity index (χ1v) is 8.26. The van der Waals surface area contributed by atoms with Crippen LogP contribution in [-0.4, -0.2) is 49.2 Å². The molecule has 0 aromatic heterocycles. The highest BCUT2D eigenvalue weighted by Crippen LogP contribution is 2.29. The maximum atomic E-state index is 12.6. The second-order valence-corrected chi connectivity index (χ2v) is 5.74. The molecular formula is C20H19NO6. The Bertz CT molecular complexity index is 870. The summed E-state index contributed by atoms with van der Waals surface area (Å²) in [5.74, 6) is 0.0491. The number of aliphatic hydroxyl groups excluding tert-OH is 1. The van der Waals surface area contributed by atoms with Crippen LogP contribution in [0.5, 0.6) is 17.2 Å². The second kappa shape index (κ2) is 7.82. The van der Waals surface area contributed by atoms with Crippen molar-refractivity contribution in [3.8, 4) is 17.2 Å². The van der Waals surface area contributed by atoms with Crippen molar-refractivity contribution < 1.29 is 28.9 Å². The number of carbonyl (C=O) groups is 2. The van der Waals surface area contributed by atoms with E-state index in [2.05, 4.69) is 0 Å². The Hall–Kier alpha value is -3.48. The van der Waals surface area contributed by atoms with Crippen molar-refractivity contribution >= 4 is 17.4 Å². The smallest absolute Gasteiger partial charge is 0.296 e. The molecule has 1 heterocycles. The fraction of sp³-hybridized carbons (Fsp3) is 0.200. The van der Waals surface area contributed by atoms with Gasteiger partial charge in [-0.15, -0.1) is 0 Å². The van der Waals surface area contributed by atoms with Crippen LogP contribution < -0.4 is 14.2 Å². The Kier molecular flexibility index (Phi) is 5.30. The van der Waals surface area contributed by atoms with Gasteiger partial charge in [0.25, 0.3) is 11.8 Å². The molecule has 7 nitrogen and oxygen atoms in total. The van der Waals surface area contributed by atoms with Gasteiger partial charge in [0.2, 0.25) is 0 Å². The van der Waals surface area contributed by atoms with Gasteiger partial charge in [-0.25, -0.2) is 0 Å².